The predicted molar refractivity (Wildman–Crippen MR) is 86.0 cm³/mol. The van der Waals surface area contributed by atoms with Gasteiger partial charge in [-0.1, -0.05) is 11.3 Å². The first-order valence-corrected chi connectivity index (χ1v) is 9.18. The molecule has 4 rings (SSSR count). The fourth-order valence-corrected chi connectivity index (χ4v) is 4.69. The maximum atomic E-state index is 12.7. The first-order valence-electron chi connectivity index (χ1n) is 8.30. The van der Waals surface area contributed by atoms with Gasteiger partial charge in [0.25, 0.3) is 0 Å². The maximum absolute atomic E-state index is 12.7. The van der Waals surface area contributed by atoms with E-state index in [0.717, 1.165) is 50.7 Å². The molecule has 0 N–H and O–H groups in total. The molecule has 1 atom stereocenters. The van der Waals surface area contributed by atoms with Crippen molar-refractivity contribution in [2.75, 3.05) is 50.7 Å². The number of nitrogens with zero attached hydrogens (tertiary/aromatic N) is 5. The first kappa shape index (κ1) is 14.4. The Kier molecular flexibility index (Phi) is 3.78. The fourth-order valence-electron chi connectivity index (χ4n) is 4.10. The van der Waals surface area contributed by atoms with Gasteiger partial charge in [-0.25, -0.2) is 0 Å². The summed E-state index contributed by atoms with van der Waals surface area (Å²) in [6.45, 7) is 7.10. The van der Waals surface area contributed by atoms with Crippen LogP contribution in [0.1, 0.15) is 25.7 Å². The summed E-state index contributed by atoms with van der Waals surface area (Å²) in [5.74, 6) is 0.362. The number of carbonyl (C=O) groups is 1. The average molecular weight is 321 g/mol. The molecule has 3 saturated heterocycles. The van der Waals surface area contributed by atoms with E-state index in [0.29, 0.717) is 5.91 Å². The van der Waals surface area contributed by atoms with Gasteiger partial charge in [-0.15, -0.1) is 10.2 Å². The second kappa shape index (κ2) is 5.77. The van der Waals surface area contributed by atoms with Gasteiger partial charge >= 0.3 is 0 Å². The topological polar surface area (TPSA) is 52.6 Å². The number of hydrogen-bond donors (Lipinski definition) is 0. The standard InChI is InChI=1S/C15H23N5OS/c21-13-15(10-19(13)9-8-18-5-1-2-6-18)4-3-7-20(11-15)14-17-16-12-22-14/h12H,1-11H2. The molecule has 1 spiro atoms. The van der Waals surface area contributed by atoms with Crippen molar-refractivity contribution < 1.29 is 4.79 Å². The molecule has 3 fully saturated rings. The van der Waals surface area contributed by atoms with Crippen molar-refractivity contribution in [2.45, 2.75) is 25.7 Å². The Morgan fingerprint density at radius 2 is 2.00 bits per heavy atom. The highest BCUT2D eigenvalue weighted by Gasteiger charge is 2.53. The smallest absolute Gasteiger partial charge is 0.232 e. The van der Waals surface area contributed by atoms with Crippen molar-refractivity contribution in [2.24, 2.45) is 5.41 Å². The Morgan fingerprint density at radius 1 is 1.14 bits per heavy atom. The van der Waals surface area contributed by atoms with Crippen molar-refractivity contribution in [1.82, 2.24) is 20.0 Å². The van der Waals surface area contributed by atoms with Crippen LogP contribution in [0.15, 0.2) is 5.51 Å². The number of hydrogen-bond acceptors (Lipinski definition) is 6. The lowest BCUT2D eigenvalue weighted by Crippen LogP contribution is -2.67. The summed E-state index contributed by atoms with van der Waals surface area (Å²) in [6.07, 6.45) is 4.73. The van der Waals surface area contributed by atoms with Crippen molar-refractivity contribution in [3.05, 3.63) is 5.51 Å². The van der Waals surface area contributed by atoms with E-state index in [-0.39, 0.29) is 5.41 Å². The Bertz CT molecular complexity index is 530. The number of likely N-dealkylation sites (tertiary alicyclic amines) is 2. The van der Waals surface area contributed by atoms with Crippen LogP contribution in [0.3, 0.4) is 0 Å². The van der Waals surface area contributed by atoms with E-state index in [1.165, 1.54) is 25.9 Å². The van der Waals surface area contributed by atoms with E-state index in [4.69, 9.17) is 0 Å². The third kappa shape index (κ3) is 2.50. The lowest BCUT2D eigenvalue weighted by Gasteiger charge is -2.53. The molecule has 1 amide bonds. The molecule has 0 bridgehead atoms. The second-order valence-electron chi connectivity index (χ2n) is 6.80. The quantitative estimate of drug-likeness (QED) is 0.776. The van der Waals surface area contributed by atoms with Gasteiger partial charge < -0.3 is 14.7 Å². The second-order valence-corrected chi connectivity index (χ2v) is 7.61. The monoisotopic (exact) mass is 321 g/mol. The van der Waals surface area contributed by atoms with Gasteiger partial charge in [-0.2, -0.15) is 0 Å². The summed E-state index contributed by atoms with van der Waals surface area (Å²) in [5.41, 5.74) is 1.62. The molecule has 7 heteroatoms. The number of rotatable bonds is 4. The van der Waals surface area contributed by atoms with Gasteiger partial charge in [0.15, 0.2) is 0 Å². The zero-order valence-electron chi connectivity index (χ0n) is 12.9. The van der Waals surface area contributed by atoms with Crippen LogP contribution in [0.4, 0.5) is 5.13 Å². The van der Waals surface area contributed by atoms with Gasteiger partial charge in [-0.05, 0) is 38.8 Å². The molecule has 4 heterocycles. The molecule has 3 aliphatic heterocycles. The highest BCUT2D eigenvalue weighted by Crippen LogP contribution is 2.41. The number of amides is 1. The van der Waals surface area contributed by atoms with Crippen molar-refractivity contribution in [3.63, 3.8) is 0 Å². The Labute approximate surface area is 135 Å². The van der Waals surface area contributed by atoms with Crippen LogP contribution in [-0.4, -0.2) is 71.7 Å². The molecule has 0 saturated carbocycles. The molecular formula is C15H23N5OS. The summed E-state index contributed by atoms with van der Waals surface area (Å²) in [6, 6.07) is 0. The van der Waals surface area contributed by atoms with E-state index < -0.39 is 0 Å². The van der Waals surface area contributed by atoms with Crippen molar-refractivity contribution in [3.8, 4) is 0 Å². The molecule has 22 heavy (non-hydrogen) atoms. The molecule has 0 aromatic carbocycles. The molecule has 1 unspecified atom stereocenters. The summed E-state index contributed by atoms with van der Waals surface area (Å²) in [5, 5.41) is 9.04. The number of anilines is 1. The van der Waals surface area contributed by atoms with Crippen LogP contribution in [0.5, 0.6) is 0 Å². The highest BCUT2D eigenvalue weighted by molar-refractivity contribution is 7.13. The van der Waals surface area contributed by atoms with E-state index in [2.05, 4.69) is 24.9 Å². The van der Waals surface area contributed by atoms with Crippen molar-refractivity contribution in [1.29, 1.82) is 0 Å². The Morgan fingerprint density at radius 3 is 2.73 bits per heavy atom. The molecule has 6 nitrogen and oxygen atoms in total. The zero-order valence-corrected chi connectivity index (χ0v) is 13.7. The minimum Gasteiger partial charge on any atom is -0.346 e. The fraction of sp³-hybridized carbons (Fsp3) is 0.800. The summed E-state index contributed by atoms with van der Waals surface area (Å²) in [7, 11) is 0. The summed E-state index contributed by atoms with van der Waals surface area (Å²) < 4.78 is 0. The Balaban J connectivity index is 1.34. The van der Waals surface area contributed by atoms with Crippen LogP contribution < -0.4 is 4.90 Å². The van der Waals surface area contributed by atoms with Gasteiger partial charge in [0.05, 0.1) is 5.41 Å². The molecular weight excluding hydrogens is 298 g/mol. The lowest BCUT2D eigenvalue weighted by molar-refractivity contribution is -0.161. The predicted octanol–water partition coefficient (Wildman–Crippen LogP) is 1.06. The van der Waals surface area contributed by atoms with Gasteiger partial charge in [0.1, 0.15) is 5.51 Å². The van der Waals surface area contributed by atoms with Crippen LogP contribution in [0.2, 0.25) is 0 Å². The summed E-state index contributed by atoms with van der Waals surface area (Å²) >= 11 is 1.57. The third-order valence-corrected chi connectivity index (χ3v) is 6.07. The van der Waals surface area contributed by atoms with Gasteiger partial charge in [-0.3, -0.25) is 4.79 Å². The van der Waals surface area contributed by atoms with Crippen LogP contribution in [-0.2, 0) is 4.79 Å². The number of β-lactam (4-membered cyclic amide) rings is 1. The largest absolute Gasteiger partial charge is 0.346 e. The molecule has 120 valence electrons. The SMILES string of the molecule is O=C1N(CCN2CCCC2)CC12CCCN(c1nncs1)C2. The molecule has 3 aliphatic rings. The van der Waals surface area contributed by atoms with E-state index >= 15 is 0 Å². The minimum atomic E-state index is -0.144. The normalized spacial score (nSPS) is 29.4. The van der Waals surface area contributed by atoms with Crippen LogP contribution in [0, 0.1) is 5.41 Å². The lowest BCUT2D eigenvalue weighted by atomic mass is 9.72. The zero-order chi connectivity index (χ0) is 15.0. The molecule has 0 aliphatic carbocycles. The van der Waals surface area contributed by atoms with E-state index in [1.54, 1.807) is 16.8 Å². The highest BCUT2D eigenvalue weighted by atomic mass is 32.1. The third-order valence-electron chi connectivity index (χ3n) is 5.32. The summed E-state index contributed by atoms with van der Waals surface area (Å²) in [4.78, 5) is 19.5. The minimum absolute atomic E-state index is 0.144. The average Bonchev–Trinajstić information content (AvgIpc) is 3.24. The van der Waals surface area contributed by atoms with Crippen LogP contribution >= 0.6 is 11.3 Å². The Hall–Kier alpha value is -1.21. The van der Waals surface area contributed by atoms with E-state index in [1.807, 2.05) is 0 Å². The number of aromatic nitrogens is 2. The first-order chi connectivity index (χ1) is 10.8. The molecule has 1 aromatic rings. The molecule has 0 radical (unpaired) electrons. The number of piperidine rings is 1. The van der Waals surface area contributed by atoms with Gasteiger partial charge in [0.2, 0.25) is 11.0 Å². The van der Waals surface area contributed by atoms with Gasteiger partial charge in [0, 0.05) is 32.7 Å². The number of carbonyl (C=O) groups excluding carboxylic acids is 1. The van der Waals surface area contributed by atoms with Crippen molar-refractivity contribution >= 4 is 22.4 Å². The maximum Gasteiger partial charge on any atom is 0.232 e. The van der Waals surface area contributed by atoms with E-state index in [9.17, 15) is 4.79 Å². The molecule has 1 aromatic heterocycles. The van der Waals surface area contributed by atoms with Crippen LogP contribution in [0.25, 0.3) is 0 Å².